The standard InChI is InChI=1S/C13H9BrCl2FNO/c14-8-4-10(15)13(11(16)5-8)18-6-7-3-9(17)1-2-12(7)19/h1-5,18-19H,6H2. The minimum Gasteiger partial charge on any atom is -0.508 e. The van der Waals surface area contributed by atoms with Gasteiger partial charge in [-0.15, -0.1) is 0 Å². The van der Waals surface area contributed by atoms with Gasteiger partial charge >= 0.3 is 0 Å². The second-order valence-electron chi connectivity index (χ2n) is 3.87. The molecule has 0 amide bonds. The van der Waals surface area contributed by atoms with Gasteiger partial charge in [0.15, 0.2) is 0 Å². The van der Waals surface area contributed by atoms with E-state index in [9.17, 15) is 9.50 Å². The Kier molecular flexibility index (Phi) is 4.55. The Morgan fingerprint density at radius 1 is 1.16 bits per heavy atom. The van der Waals surface area contributed by atoms with Gasteiger partial charge in [-0.05, 0) is 30.3 Å². The first-order valence-electron chi connectivity index (χ1n) is 5.33. The average molecular weight is 365 g/mol. The predicted molar refractivity (Wildman–Crippen MR) is 79.6 cm³/mol. The summed E-state index contributed by atoms with van der Waals surface area (Å²) < 4.78 is 13.9. The molecular weight excluding hydrogens is 356 g/mol. The maximum Gasteiger partial charge on any atom is 0.123 e. The highest BCUT2D eigenvalue weighted by atomic mass is 79.9. The highest BCUT2D eigenvalue weighted by Crippen LogP contribution is 2.34. The van der Waals surface area contributed by atoms with E-state index >= 15 is 0 Å². The summed E-state index contributed by atoms with van der Waals surface area (Å²) in [5.41, 5.74) is 0.963. The van der Waals surface area contributed by atoms with E-state index in [0.717, 1.165) is 4.47 Å². The minimum atomic E-state index is -0.414. The lowest BCUT2D eigenvalue weighted by Crippen LogP contribution is -2.01. The average Bonchev–Trinajstić information content (AvgIpc) is 2.32. The van der Waals surface area contributed by atoms with Gasteiger partial charge in [-0.3, -0.25) is 0 Å². The second-order valence-corrected chi connectivity index (χ2v) is 5.60. The molecule has 0 radical (unpaired) electrons. The predicted octanol–water partition coefficient (Wildman–Crippen LogP) is 5.21. The molecular formula is C13H9BrCl2FNO. The van der Waals surface area contributed by atoms with E-state index in [1.165, 1.54) is 18.2 Å². The SMILES string of the molecule is Oc1ccc(F)cc1CNc1c(Cl)cc(Br)cc1Cl. The third-order valence-corrected chi connectivity index (χ3v) is 3.56. The fourth-order valence-corrected chi connectivity index (χ4v) is 2.93. The normalized spacial score (nSPS) is 10.5. The summed E-state index contributed by atoms with van der Waals surface area (Å²) in [6, 6.07) is 7.14. The van der Waals surface area contributed by atoms with Crippen LogP contribution < -0.4 is 5.32 Å². The monoisotopic (exact) mass is 363 g/mol. The third-order valence-electron chi connectivity index (χ3n) is 2.50. The van der Waals surface area contributed by atoms with Gasteiger partial charge in [0, 0.05) is 16.6 Å². The lowest BCUT2D eigenvalue weighted by atomic mass is 10.2. The molecule has 0 heterocycles. The van der Waals surface area contributed by atoms with Crippen molar-refractivity contribution in [1.29, 1.82) is 0 Å². The van der Waals surface area contributed by atoms with Crippen LogP contribution in [0.2, 0.25) is 10.0 Å². The number of anilines is 1. The summed E-state index contributed by atoms with van der Waals surface area (Å²) in [5.74, 6) is -0.402. The van der Waals surface area contributed by atoms with Crippen LogP contribution in [-0.2, 0) is 6.54 Å². The van der Waals surface area contributed by atoms with Gasteiger partial charge in [-0.2, -0.15) is 0 Å². The topological polar surface area (TPSA) is 32.3 Å². The first kappa shape index (κ1) is 14.4. The molecule has 0 spiro atoms. The molecule has 0 saturated heterocycles. The summed E-state index contributed by atoms with van der Waals surface area (Å²) in [4.78, 5) is 0. The molecule has 0 aliphatic rings. The van der Waals surface area contributed by atoms with Crippen LogP contribution in [0.3, 0.4) is 0 Å². The van der Waals surface area contributed by atoms with Crippen molar-refractivity contribution in [3.05, 3.63) is 56.2 Å². The quantitative estimate of drug-likeness (QED) is 0.783. The molecule has 0 saturated carbocycles. The molecule has 0 aliphatic carbocycles. The molecule has 0 atom stereocenters. The number of halogens is 4. The summed E-state index contributed by atoms with van der Waals surface area (Å²) in [6.07, 6.45) is 0. The molecule has 100 valence electrons. The Bertz CT molecular complexity index is 599. The van der Waals surface area contributed by atoms with Gasteiger partial charge in [0.1, 0.15) is 11.6 Å². The van der Waals surface area contributed by atoms with Crippen molar-refractivity contribution in [2.24, 2.45) is 0 Å². The number of phenolic OH excluding ortho intramolecular Hbond substituents is 1. The smallest absolute Gasteiger partial charge is 0.123 e. The number of aromatic hydroxyl groups is 1. The number of phenols is 1. The zero-order valence-electron chi connectivity index (χ0n) is 9.55. The molecule has 2 rings (SSSR count). The first-order valence-corrected chi connectivity index (χ1v) is 6.88. The van der Waals surface area contributed by atoms with Crippen LogP contribution in [0, 0.1) is 5.82 Å². The molecule has 2 nitrogen and oxygen atoms in total. The van der Waals surface area contributed by atoms with Crippen molar-refractivity contribution >= 4 is 44.8 Å². The highest BCUT2D eigenvalue weighted by Gasteiger charge is 2.09. The Hall–Kier alpha value is -0.970. The van der Waals surface area contributed by atoms with Gasteiger partial charge in [0.2, 0.25) is 0 Å². The van der Waals surface area contributed by atoms with E-state index in [0.29, 0.717) is 21.3 Å². The number of hydrogen-bond donors (Lipinski definition) is 2. The molecule has 0 fully saturated rings. The molecule has 19 heavy (non-hydrogen) atoms. The van der Waals surface area contributed by atoms with Crippen molar-refractivity contribution in [3.63, 3.8) is 0 Å². The van der Waals surface area contributed by atoms with Gasteiger partial charge in [0.25, 0.3) is 0 Å². The second kappa shape index (κ2) is 5.99. The van der Waals surface area contributed by atoms with Crippen LogP contribution >= 0.6 is 39.1 Å². The van der Waals surface area contributed by atoms with Gasteiger partial charge in [0.05, 0.1) is 15.7 Å². The minimum absolute atomic E-state index is 0.0123. The maximum atomic E-state index is 13.1. The van der Waals surface area contributed by atoms with Crippen LogP contribution in [0.4, 0.5) is 10.1 Å². The largest absolute Gasteiger partial charge is 0.508 e. The summed E-state index contributed by atoms with van der Waals surface area (Å²) >= 11 is 15.4. The molecule has 2 aromatic rings. The van der Waals surface area contributed by atoms with E-state index < -0.39 is 5.82 Å². The fraction of sp³-hybridized carbons (Fsp3) is 0.0769. The lowest BCUT2D eigenvalue weighted by Gasteiger charge is -2.12. The molecule has 0 aliphatic heterocycles. The van der Waals surface area contributed by atoms with Crippen molar-refractivity contribution in [2.75, 3.05) is 5.32 Å². The van der Waals surface area contributed by atoms with Crippen molar-refractivity contribution in [2.45, 2.75) is 6.54 Å². The van der Waals surface area contributed by atoms with E-state index in [2.05, 4.69) is 21.2 Å². The zero-order valence-corrected chi connectivity index (χ0v) is 12.7. The van der Waals surface area contributed by atoms with Crippen LogP contribution in [0.25, 0.3) is 0 Å². The maximum absolute atomic E-state index is 13.1. The van der Waals surface area contributed by atoms with Crippen LogP contribution in [0.1, 0.15) is 5.56 Å². The Morgan fingerprint density at radius 2 is 1.79 bits per heavy atom. The highest BCUT2D eigenvalue weighted by molar-refractivity contribution is 9.10. The van der Waals surface area contributed by atoms with Crippen LogP contribution in [-0.4, -0.2) is 5.11 Å². The molecule has 6 heteroatoms. The molecule has 0 bridgehead atoms. The van der Waals surface area contributed by atoms with Crippen LogP contribution in [0.15, 0.2) is 34.8 Å². The van der Waals surface area contributed by atoms with Crippen LogP contribution in [0.5, 0.6) is 5.75 Å². The number of hydrogen-bond acceptors (Lipinski definition) is 2. The van der Waals surface area contributed by atoms with Crippen molar-refractivity contribution in [3.8, 4) is 5.75 Å². The Morgan fingerprint density at radius 3 is 2.42 bits per heavy atom. The van der Waals surface area contributed by atoms with E-state index in [-0.39, 0.29) is 12.3 Å². The third kappa shape index (κ3) is 3.53. The fourth-order valence-electron chi connectivity index (χ4n) is 1.59. The van der Waals surface area contributed by atoms with E-state index in [1.54, 1.807) is 12.1 Å². The van der Waals surface area contributed by atoms with E-state index in [1.807, 2.05) is 0 Å². The summed E-state index contributed by atoms with van der Waals surface area (Å²) in [5, 5.41) is 13.5. The van der Waals surface area contributed by atoms with Gasteiger partial charge in [-0.25, -0.2) is 4.39 Å². The van der Waals surface area contributed by atoms with Gasteiger partial charge < -0.3 is 10.4 Å². The van der Waals surface area contributed by atoms with Gasteiger partial charge in [-0.1, -0.05) is 39.1 Å². The number of benzene rings is 2. The molecule has 0 unspecified atom stereocenters. The number of rotatable bonds is 3. The Labute approximate surface area is 128 Å². The molecule has 2 aromatic carbocycles. The van der Waals surface area contributed by atoms with E-state index in [4.69, 9.17) is 23.2 Å². The number of nitrogens with one attached hydrogen (secondary N) is 1. The van der Waals surface area contributed by atoms with Crippen molar-refractivity contribution < 1.29 is 9.50 Å². The zero-order chi connectivity index (χ0) is 14.0. The first-order chi connectivity index (χ1) is 8.97. The molecule has 2 N–H and O–H groups in total. The summed E-state index contributed by atoms with van der Waals surface area (Å²) in [6.45, 7) is 0.213. The van der Waals surface area contributed by atoms with Crippen molar-refractivity contribution in [1.82, 2.24) is 0 Å². The summed E-state index contributed by atoms with van der Waals surface area (Å²) in [7, 11) is 0. The lowest BCUT2D eigenvalue weighted by molar-refractivity contribution is 0.466. The Balaban J connectivity index is 2.21. The molecule has 0 aromatic heterocycles.